The molecule has 14 nitrogen and oxygen atoms in total. The van der Waals surface area contributed by atoms with Crippen LogP contribution in [0.25, 0.3) is 0 Å². The van der Waals surface area contributed by atoms with E-state index in [9.17, 15) is 19.2 Å². The lowest BCUT2D eigenvalue weighted by molar-refractivity contribution is -0.139. The van der Waals surface area contributed by atoms with Crippen molar-refractivity contribution in [3.05, 3.63) is 107 Å². The van der Waals surface area contributed by atoms with E-state index >= 15 is 0 Å². The maximum Gasteiger partial charge on any atom is 0.325 e. The van der Waals surface area contributed by atoms with Gasteiger partial charge in [-0.05, 0) is 23.3 Å². The molecule has 0 amide bonds. The summed E-state index contributed by atoms with van der Waals surface area (Å²) in [6.07, 6.45) is 1.34. The van der Waals surface area contributed by atoms with Gasteiger partial charge in [0.15, 0.2) is 12.6 Å². The number of esters is 2. The van der Waals surface area contributed by atoms with Gasteiger partial charge in [-0.25, -0.2) is 0 Å². The van der Waals surface area contributed by atoms with Gasteiger partial charge in [-0.1, -0.05) is 60.7 Å². The number of hydrogen-bond acceptors (Lipinski definition) is 14. The molecule has 0 bridgehead atoms. The normalized spacial score (nSPS) is 14.0. The van der Waals surface area contributed by atoms with Crippen molar-refractivity contribution in [2.45, 2.75) is 13.2 Å². The van der Waals surface area contributed by atoms with Crippen molar-refractivity contribution < 1.29 is 57.1 Å². The molecule has 0 fully saturated rings. The van der Waals surface area contributed by atoms with Crippen LogP contribution in [-0.2, 0) is 41.8 Å². The molecule has 0 N–H and O–H groups in total. The van der Waals surface area contributed by atoms with E-state index in [1.54, 1.807) is 34.1 Å². The highest BCUT2D eigenvalue weighted by atomic mass is 16.5. The maximum absolute atomic E-state index is 12.6. The molecule has 5 rings (SSSR count). The van der Waals surface area contributed by atoms with Gasteiger partial charge in [0, 0.05) is 25.2 Å². The van der Waals surface area contributed by atoms with E-state index in [1.165, 1.54) is 14.2 Å². The molecule has 4 aromatic rings. The first-order valence-electron chi connectivity index (χ1n) is 18.1. The van der Waals surface area contributed by atoms with Crippen molar-refractivity contribution in [1.29, 1.82) is 0 Å². The predicted octanol–water partition coefficient (Wildman–Crippen LogP) is 4.93. The average Bonchev–Trinajstić information content (AvgIpc) is 3.23. The Kier molecular flexibility index (Phi) is 15.9. The van der Waals surface area contributed by atoms with Crippen LogP contribution < -0.4 is 28.7 Å². The Bertz CT molecular complexity index is 1750. The zero-order valence-electron chi connectivity index (χ0n) is 31.5. The molecule has 0 unspecified atom stereocenters. The van der Waals surface area contributed by atoms with Gasteiger partial charge in [0.25, 0.3) is 0 Å². The lowest BCUT2D eigenvalue weighted by Crippen LogP contribution is -2.35. The minimum absolute atomic E-state index is 0.0275. The maximum atomic E-state index is 12.6. The van der Waals surface area contributed by atoms with E-state index in [2.05, 4.69) is 0 Å². The summed E-state index contributed by atoms with van der Waals surface area (Å²) in [5.41, 5.74) is 3.18. The number of benzene rings is 4. The van der Waals surface area contributed by atoms with Crippen LogP contribution in [0.1, 0.15) is 31.8 Å². The van der Waals surface area contributed by atoms with Crippen molar-refractivity contribution in [3.8, 4) is 23.0 Å². The Labute approximate surface area is 325 Å². The zero-order valence-corrected chi connectivity index (χ0v) is 31.5. The summed E-state index contributed by atoms with van der Waals surface area (Å²) in [6.45, 7) is 1.46. The lowest BCUT2D eigenvalue weighted by atomic mass is 10.1. The van der Waals surface area contributed by atoms with Crippen LogP contribution in [0, 0.1) is 0 Å². The number of carbonyl (C=O) groups is 4. The molecule has 14 heteroatoms. The number of anilines is 2. The van der Waals surface area contributed by atoms with Crippen molar-refractivity contribution in [1.82, 2.24) is 0 Å². The van der Waals surface area contributed by atoms with Gasteiger partial charge in [0.05, 0.1) is 63.1 Å². The van der Waals surface area contributed by atoms with Gasteiger partial charge >= 0.3 is 11.9 Å². The lowest BCUT2D eigenvalue weighted by Gasteiger charge is -2.28. The van der Waals surface area contributed by atoms with Crippen LogP contribution in [0.3, 0.4) is 0 Å². The number of hydrogen-bond donors (Lipinski definition) is 0. The van der Waals surface area contributed by atoms with Gasteiger partial charge in [-0.15, -0.1) is 0 Å². The Hall–Kier alpha value is -6.12. The molecule has 4 aromatic carbocycles. The van der Waals surface area contributed by atoms with Crippen molar-refractivity contribution >= 4 is 35.9 Å². The minimum atomic E-state index is -0.498. The monoisotopic (exact) mass is 770 g/mol. The summed E-state index contributed by atoms with van der Waals surface area (Å²) >= 11 is 0. The highest BCUT2D eigenvalue weighted by Gasteiger charge is 2.23. The van der Waals surface area contributed by atoms with Crippen LogP contribution in [-0.4, -0.2) is 105 Å². The smallest absolute Gasteiger partial charge is 0.325 e. The fraction of sp³-hybridized carbons (Fsp3) is 0.333. The van der Waals surface area contributed by atoms with Gasteiger partial charge in [-0.3, -0.25) is 19.2 Å². The topological polar surface area (TPSA) is 149 Å². The molecular weight excluding hydrogens is 724 g/mol. The highest BCUT2D eigenvalue weighted by molar-refractivity contribution is 5.85. The van der Waals surface area contributed by atoms with Crippen molar-refractivity contribution in [3.63, 3.8) is 0 Å². The molecule has 1 heterocycles. The molecule has 1 aliphatic rings. The molecule has 0 atom stereocenters. The number of fused-ring (bicyclic) bond motifs is 2. The number of nitrogens with zero attached hydrogens (tertiary/aromatic N) is 2. The summed E-state index contributed by atoms with van der Waals surface area (Å²) < 4.78 is 46.5. The second-order valence-corrected chi connectivity index (χ2v) is 12.4. The Morgan fingerprint density at radius 2 is 1.00 bits per heavy atom. The van der Waals surface area contributed by atoms with Gasteiger partial charge < -0.3 is 47.7 Å². The number of aldehydes is 2. The van der Waals surface area contributed by atoms with Crippen LogP contribution in [0.2, 0.25) is 0 Å². The Balaban J connectivity index is 1.48. The van der Waals surface area contributed by atoms with E-state index in [1.807, 2.05) is 60.7 Å². The largest absolute Gasteiger partial charge is 0.488 e. The third-order valence-electron chi connectivity index (χ3n) is 8.67. The van der Waals surface area contributed by atoms with E-state index in [4.69, 9.17) is 37.9 Å². The quantitative estimate of drug-likeness (QED) is 0.142. The number of carbonyl (C=O) groups excluding carboxylic acids is 4. The molecule has 0 aromatic heterocycles. The molecule has 0 radical (unpaired) electrons. The third kappa shape index (κ3) is 11.9. The Morgan fingerprint density at radius 1 is 0.589 bits per heavy atom. The molecule has 56 heavy (non-hydrogen) atoms. The summed E-state index contributed by atoms with van der Waals surface area (Å²) in [5.74, 6) is 0.147. The molecule has 296 valence electrons. The van der Waals surface area contributed by atoms with Crippen molar-refractivity contribution in [2.75, 3.05) is 89.8 Å². The van der Waals surface area contributed by atoms with E-state index in [0.29, 0.717) is 35.4 Å². The highest BCUT2D eigenvalue weighted by Crippen LogP contribution is 2.38. The predicted molar refractivity (Wildman–Crippen MR) is 206 cm³/mol. The first kappa shape index (κ1) is 41.1. The molecule has 0 saturated heterocycles. The van der Waals surface area contributed by atoms with Crippen LogP contribution in [0.5, 0.6) is 23.0 Å². The summed E-state index contributed by atoms with van der Waals surface area (Å²) in [5, 5.41) is 0. The van der Waals surface area contributed by atoms with Gasteiger partial charge in [0.1, 0.15) is 62.5 Å². The molecular formula is C42H46N2O12. The van der Waals surface area contributed by atoms with Gasteiger partial charge in [-0.2, -0.15) is 0 Å². The van der Waals surface area contributed by atoms with Crippen LogP contribution in [0.4, 0.5) is 11.4 Å². The van der Waals surface area contributed by atoms with E-state index in [0.717, 1.165) is 11.1 Å². The third-order valence-corrected chi connectivity index (χ3v) is 8.67. The number of ether oxygens (including phenoxy) is 8. The van der Waals surface area contributed by atoms with Crippen molar-refractivity contribution in [2.24, 2.45) is 0 Å². The summed E-state index contributed by atoms with van der Waals surface area (Å²) in [4.78, 5) is 53.4. The van der Waals surface area contributed by atoms with Crippen LogP contribution >= 0.6 is 0 Å². The SMILES string of the molecule is COC(=O)CN1CCOCCOCCN(CC(=O)OC)c2cc(OCc3ccccc3)c(C=O)cc2OCCOc2cc(C=O)c(OCc3ccccc3)cc21. The molecule has 0 spiro atoms. The standard InChI is InChI=1S/C42H46N2O12/c1-49-41(47)25-43-13-15-51-17-18-52-16-14-44(26-42(48)50-2)36-24-38(56-30-32-11-7-4-8-12-32)34(28-46)22-40(36)54-20-19-53-39-21-33(27-45)37(23-35(39)43)55-29-31-9-5-3-6-10-31/h3-12,21-24,27-28H,13-20,25-26,29-30H2,1-2H3. The second-order valence-electron chi connectivity index (χ2n) is 12.4. The fourth-order valence-corrected chi connectivity index (χ4v) is 5.75. The van der Waals surface area contributed by atoms with Crippen LogP contribution in [0.15, 0.2) is 84.9 Å². The number of rotatable bonds is 12. The zero-order chi connectivity index (χ0) is 39.5. The van der Waals surface area contributed by atoms with Gasteiger partial charge in [0.2, 0.25) is 0 Å². The van der Waals surface area contributed by atoms with E-state index in [-0.39, 0.29) is 102 Å². The summed E-state index contributed by atoms with van der Waals surface area (Å²) in [6, 6.07) is 25.4. The summed E-state index contributed by atoms with van der Waals surface area (Å²) in [7, 11) is 2.60. The molecule has 0 aliphatic carbocycles. The van der Waals surface area contributed by atoms with E-state index < -0.39 is 11.9 Å². The first-order chi connectivity index (χ1) is 27.4. The fourth-order valence-electron chi connectivity index (χ4n) is 5.75. The average molecular weight is 771 g/mol. The molecule has 0 saturated carbocycles. The first-order valence-corrected chi connectivity index (χ1v) is 18.1. The second kappa shape index (κ2) is 21.7. The molecule has 1 aliphatic heterocycles. The minimum Gasteiger partial charge on any atom is -0.488 e. The number of methoxy groups -OCH3 is 2. The Morgan fingerprint density at radius 3 is 1.38 bits per heavy atom.